The Labute approximate surface area is 130 Å². The number of hydrogen-bond donors (Lipinski definition) is 1. The average molecular weight is 313 g/mol. The van der Waals surface area contributed by atoms with Crippen LogP contribution in [-0.4, -0.2) is 22.1 Å². The Bertz CT molecular complexity index is 902. The molecule has 1 aromatic heterocycles. The molecule has 116 valence electrons. The third-order valence-corrected chi connectivity index (χ3v) is 4.00. The SMILES string of the molecule is O=C(c1ccc2[nH]ncc2c1)N(c1ccc(F)c(F)c1)C1CC1. The van der Waals surface area contributed by atoms with Gasteiger partial charge in [-0.3, -0.25) is 9.89 Å². The number of anilines is 1. The fourth-order valence-corrected chi connectivity index (χ4v) is 2.68. The molecule has 1 N–H and O–H groups in total. The van der Waals surface area contributed by atoms with E-state index in [1.807, 2.05) is 0 Å². The zero-order valence-corrected chi connectivity index (χ0v) is 12.1. The first-order valence-electron chi connectivity index (χ1n) is 7.35. The molecule has 0 unspecified atom stereocenters. The number of H-pyrrole nitrogens is 1. The zero-order chi connectivity index (χ0) is 16.0. The zero-order valence-electron chi connectivity index (χ0n) is 12.1. The molecule has 3 aromatic rings. The van der Waals surface area contributed by atoms with Gasteiger partial charge < -0.3 is 4.90 Å². The lowest BCUT2D eigenvalue weighted by atomic mass is 10.1. The molecule has 2 aromatic carbocycles. The second-order valence-corrected chi connectivity index (χ2v) is 5.68. The molecular weight excluding hydrogens is 300 g/mol. The van der Waals surface area contributed by atoms with Crippen molar-refractivity contribution < 1.29 is 13.6 Å². The molecular formula is C17H13F2N3O. The molecule has 0 spiro atoms. The molecule has 1 heterocycles. The summed E-state index contributed by atoms with van der Waals surface area (Å²) >= 11 is 0. The fraction of sp³-hybridized carbons (Fsp3) is 0.176. The maximum Gasteiger partial charge on any atom is 0.258 e. The number of nitrogens with one attached hydrogen (secondary N) is 1. The van der Waals surface area contributed by atoms with Gasteiger partial charge in [-0.25, -0.2) is 8.78 Å². The number of hydrogen-bond acceptors (Lipinski definition) is 2. The molecule has 0 atom stereocenters. The van der Waals surface area contributed by atoms with Crippen molar-refractivity contribution in [2.75, 3.05) is 4.90 Å². The van der Waals surface area contributed by atoms with Crippen LogP contribution in [0.25, 0.3) is 10.9 Å². The highest BCUT2D eigenvalue weighted by Crippen LogP contribution is 2.34. The summed E-state index contributed by atoms with van der Waals surface area (Å²) in [4.78, 5) is 14.4. The van der Waals surface area contributed by atoms with Crippen LogP contribution in [0, 0.1) is 11.6 Å². The van der Waals surface area contributed by atoms with Crippen molar-refractivity contribution in [2.45, 2.75) is 18.9 Å². The van der Waals surface area contributed by atoms with Crippen molar-refractivity contribution in [3.8, 4) is 0 Å². The standard InChI is InChI=1S/C17H13F2N3O/c18-14-5-4-13(8-15(14)19)22(12-2-3-12)17(23)10-1-6-16-11(7-10)9-20-21-16/h1,4-9,12H,2-3H2,(H,20,21). The van der Waals surface area contributed by atoms with E-state index < -0.39 is 11.6 Å². The highest BCUT2D eigenvalue weighted by molar-refractivity contribution is 6.08. The van der Waals surface area contributed by atoms with Crippen LogP contribution < -0.4 is 4.90 Å². The molecule has 6 heteroatoms. The summed E-state index contributed by atoms with van der Waals surface area (Å²) in [5, 5.41) is 7.59. The molecule has 0 bridgehead atoms. The summed E-state index contributed by atoms with van der Waals surface area (Å²) in [6.07, 6.45) is 3.36. The van der Waals surface area contributed by atoms with E-state index in [1.54, 1.807) is 29.3 Å². The molecule has 1 aliphatic rings. The molecule has 1 fully saturated rings. The van der Waals surface area contributed by atoms with Crippen LogP contribution >= 0.6 is 0 Å². The van der Waals surface area contributed by atoms with Gasteiger partial charge in [0.1, 0.15) is 0 Å². The van der Waals surface area contributed by atoms with E-state index in [-0.39, 0.29) is 11.9 Å². The molecule has 23 heavy (non-hydrogen) atoms. The van der Waals surface area contributed by atoms with Crippen molar-refractivity contribution in [1.82, 2.24) is 10.2 Å². The third kappa shape index (κ3) is 2.46. The number of nitrogens with zero attached hydrogens (tertiary/aromatic N) is 2. The molecule has 1 saturated carbocycles. The van der Waals surface area contributed by atoms with Gasteiger partial charge in [-0.15, -0.1) is 0 Å². The van der Waals surface area contributed by atoms with Gasteiger partial charge in [-0.05, 0) is 43.2 Å². The van der Waals surface area contributed by atoms with Gasteiger partial charge in [0.2, 0.25) is 0 Å². The number of amides is 1. The Kier molecular flexibility index (Phi) is 3.11. The van der Waals surface area contributed by atoms with Crippen molar-refractivity contribution in [3.63, 3.8) is 0 Å². The van der Waals surface area contributed by atoms with Crippen molar-refractivity contribution in [2.24, 2.45) is 0 Å². The van der Waals surface area contributed by atoms with Crippen LogP contribution in [-0.2, 0) is 0 Å². The van der Waals surface area contributed by atoms with E-state index in [1.165, 1.54) is 6.07 Å². The maximum atomic E-state index is 13.5. The molecule has 0 aliphatic heterocycles. The van der Waals surface area contributed by atoms with E-state index >= 15 is 0 Å². The quantitative estimate of drug-likeness (QED) is 0.802. The summed E-state index contributed by atoms with van der Waals surface area (Å²) in [7, 11) is 0. The molecule has 1 amide bonds. The first-order chi connectivity index (χ1) is 11.1. The van der Waals surface area contributed by atoms with E-state index in [9.17, 15) is 13.6 Å². The topological polar surface area (TPSA) is 49.0 Å². The largest absolute Gasteiger partial charge is 0.305 e. The highest BCUT2D eigenvalue weighted by atomic mass is 19.2. The Balaban J connectivity index is 1.74. The number of halogens is 2. The number of carbonyl (C=O) groups excluding carboxylic acids is 1. The normalized spacial score (nSPS) is 14.2. The van der Waals surface area contributed by atoms with Gasteiger partial charge in [0.05, 0.1) is 11.7 Å². The predicted octanol–water partition coefficient (Wildman–Crippen LogP) is 3.65. The third-order valence-electron chi connectivity index (χ3n) is 4.00. The van der Waals surface area contributed by atoms with Crippen LogP contribution in [0.15, 0.2) is 42.6 Å². The number of carbonyl (C=O) groups is 1. The molecule has 4 rings (SSSR count). The number of aromatic nitrogens is 2. The average Bonchev–Trinajstić information content (AvgIpc) is 3.26. The van der Waals surface area contributed by atoms with E-state index in [2.05, 4.69) is 10.2 Å². The molecule has 0 saturated heterocycles. The molecule has 4 nitrogen and oxygen atoms in total. The monoisotopic (exact) mass is 313 g/mol. The van der Waals surface area contributed by atoms with Crippen LogP contribution in [0.5, 0.6) is 0 Å². The van der Waals surface area contributed by atoms with Crippen LogP contribution in [0.2, 0.25) is 0 Å². The van der Waals surface area contributed by atoms with E-state index in [4.69, 9.17) is 0 Å². The van der Waals surface area contributed by atoms with Gasteiger partial charge in [0.15, 0.2) is 11.6 Å². The fourth-order valence-electron chi connectivity index (χ4n) is 2.68. The Morgan fingerprint density at radius 3 is 2.70 bits per heavy atom. The number of benzene rings is 2. The second-order valence-electron chi connectivity index (χ2n) is 5.68. The van der Waals surface area contributed by atoms with Crippen molar-refractivity contribution in [3.05, 3.63) is 59.8 Å². The van der Waals surface area contributed by atoms with Gasteiger partial charge in [-0.1, -0.05) is 0 Å². The number of fused-ring (bicyclic) bond motifs is 1. The minimum atomic E-state index is -0.953. The minimum Gasteiger partial charge on any atom is -0.305 e. The highest BCUT2D eigenvalue weighted by Gasteiger charge is 2.34. The van der Waals surface area contributed by atoms with E-state index in [0.29, 0.717) is 11.3 Å². The lowest BCUT2D eigenvalue weighted by Crippen LogP contribution is -2.33. The lowest BCUT2D eigenvalue weighted by molar-refractivity contribution is 0.0985. The second kappa shape index (κ2) is 5.15. The van der Waals surface area contributed by atoms with Gasteiger partial charge in [0, 0.05) is 28.7 Å². The van der Waals surface area contributed by atoms with Gasteiger partial charge in [-0.2, -0.15) is 5.10 Å². The Morgan fingerprint density at radius 1 is 1.13 bits per heavy atom. The maximum absolute atomic E-state index is 13.5. The molecule has 1 aliphatic carbocycles. The Hall–Kier alpha value is -2.76. The minimum absolute atomic E-state index is 0.0346. The van der Waals surface area contributed by atoms with Crippen molar-refractivity contribution >= 4 is 22.5 Å². The first-order valence-corrected chi connectivity index (χ1v) is 7.35. The van der Waals surface area contributed by atoms with Crippen LogP contribution in [0.4, 0.5) is 14.5 Å². The van der Waals surface area contributed by atoms with Gasteiger partial charge in [0.25, 0.3) is 5.91 Å². The van der Waals surface area contributed by atoms with Gasteiger partial charge >= 0.3 is 0 Å². The summed E-state index contributed by atoms with van der Waals surface area (Å²) in [6, 6.07) is 8.83. The van der Waals surface area contributed by atoms with Crippen LogP contribution in [0.3, 0.4) is 0 Å². The number of aromatic amines is 1. The predicted molar refractivity (Wildman–Crippen MR) is 82.3 cm³/mol. The Morgan fingerprint density at radius 2 is 1.96 bits per heavy atom. The summed E-state index contributed by atoms with van der Waals surface area (Å²) in [5.74, 6) is -2.09. The smallest absolute Gasteiger partial charge is 0.258 e. The van der Waals surface area contributed by atoms with Crippen LogP contribution in [0.1, 0.15) is 23.2 Å². The summed E-state index contributed by atoms with van der Waals surface area (Å²) in [6.45, 7) is 0. The summed E-state index contributed by atoms with van der Waals surface area (Å²) in [5.41, 5.74) is 1.71. The lowest BCUT2D eigenvalue weighted by Gasteiger charge is -2.23. The number of rotatable bonds is 3. The van der Waals surface area contributed by atoms with Crippen molar-refractivity contribution in [1.29, 1.82) is 0 Å². The van der Waals surface area contributed by atoms with E-state index in [0.717, 1.165) is 35.9 Å². The first kappa shape index (κ1) is 13.9. The summed E-state index contributed by atoms with van der Waals surface area (Å²) < 4.78 is 26.7. The molecule has 0 radical (unpaired) electrons.